The van der Waals surface area contributed by atoms with Crippen molar-refractivity contribution >= 4 is 29.9 Å². The van der Waals surface area contributed by atoms with Crippen molar-refractivity contribution in [2.45, 2.75) is 20.0 Å². The van der Waals surface area contributed by atoms with Crippen molar-refractivity contribution in [1.82, 2.24) is 10.2 Å². The number of ether oxygens (including phenoxy) is 2. The van der Waals surface area contributed by atoms with Gasteiger partial charge in [-0.25, -0.2) is 4.99 Å². The van der Waals surface area contributed by atoms with Gasteiger partial charge in [0.25, 0.3) is 0 Å². The zero-order valence-electron chi connectivity index (χ0n) is 15.6. The summed E-state index contributed by atoms with van der Waals surface area (Å²) in [4.78, 5) is 6.77. The lowest BCUT2D eigenvalue weighted by Gasteiger charge is -2.24. The fraction of sp³-hybridized carbons (Fsp3) is 0.350. The van der Waals surface area contributed by atoms with E-state index in [0.29, 0.717) is 26.3 Å². The zero-order chi connectivity index (χ0) is 18.4. The SMILES string of the molecule is CCNC(=NCc1ccc(O)cc1)N(C)Cc1ccc2c(c1)OCCO2.I. The lowest BCUT2D eigenvalue weighted by atomic mass is 10.2. The highest BCUT2D eigenvalue weighted by Crippen LogP contribution is 2.31. The van der Waals surface area contributed by atoms with Gasteiger partial charge in [-0.3, -0.25) is 0 Å². The third-order valence-electron chi connectivity index (χ3n) is 4.07. The van der Waals surface area contributed by atoms with Gasteiger partial charge >= 0.3 is 0 Å². The average Bonchev–Trinajstić information content (AvgIpc) is 2.66. The van der Waals surface area contributed by atoms with Crippen molar-refractivity contribution in [3.8, 4) is 17.2 Å². The molecule has 27 heavy (non-hydrogen) atoms. The summed E-state index contributed by atoms with van der Waals surface area (Å²) in [6.45, 7) is 5.28. The Hall–Kier alpha value is -2.16. The smallest absolute Gasteiger partial charge is 0.194 e. The van der Waals surface area contributed by atoms with Gasteiger partial charge in [-0.05, 0) is 42.3 Å². The molecule has 0 atom stereocenters. The number of rotatable bonds is 5. The summed E-state index contributed by atoms with van der Waals surface area (Å²) in [6, 6.07) is 13.1. The van der Waals surface area contributed by atoms with E-state index in [0.717, 1.165) is 35.1 Å². The molecule has 0 amide bonds. The number of guanidine groups is 1. The number of phenols is 1. The molecule has 0 fully saturated rings. The van der Waals surface area contributed by atoms with Crippen LogP contribution in [0.15, 0.2) is 47.5 Å². The quantitative estimate of drug-likeness (QED) is 0.388. The summed E-state index contributed by atoms with van der Waals surface area (Å²) in [5, 5.41) is 12.7. The number of aliphatic imine (C=N–C) groups is 1. The molecule has 0 unspecified atom stereocenters. The Balaban J connectivity index is 0.00000261. The van der Waals surface area contributed by atoms with Crippen LogP contribution < -0.4 is 14.8 Å². The second-order valence-electron chi connectivity index (χ2n) is 6.17. The first-order valence-corrected chi connectivity index (χ1v) is 8.81. The minimum atomic E-state index is 0. The standard InChI is InChI=1S/C20H25N3O3.HI/c1-3-21-20(22-13-15-4-7-17(24)8-5-15)23(2)14-16-6-9-18-19(12-16)26-11-10-25-18;/h4-9,12,24H,3,10-11,13-14H2,1-2H3,(H,21,22);1H. The van der Waals surface area contributed by atoms with E-state index in [-0.39, 0.29) is 29.7 Å². The number of fused-ring (bicyclic) bond motifs is 1. The van der Waals surface area contributed by atoms with Crippen LogP contribution in [-0.4, -0.2) is 42.8 Å². The topological polar surface area (TPSA) is 66.3 Å². The molecule has 1 heterocycles. The summed E-state index contributed by atoms with van der Waals surface area (Å²) in [7, 11) is 2.01. The van der Waals surface area contributed by atoms with Crippen LogP contribution in [0.5, 0.6) is 17.2 Å². The van der Waals surface area contributed by atoms with Crippen molar-refractivity contribution < 1.29 is 14.6 Å². The van der Waals surface area contributed by atoms with Gasteiger partial charge in [0.2, 0.25) is 0 Å². The van der Waals surface area contributed by atoms with Crippen LogP contribution in [0.25, 0.3) is 0 Å². The molecule has 2 aromatic rings. The minimum absolute atomic E-state index is 0. The van der Waals surface area contributed by atoms with Crippen LogP contribution in [0.1, 0.15) is 18.1 Å². The molecule has 1 aliphatic heterocycles. The number of nitrogens with one attached hydrogen (secondary N) is 1. The Kier molecular flexibility index (Phi) is 8.02. The lowest BCUT2D eigenvalue weighted by molar-refractivity contribution is 0.171. The Labute approximate surface area is 177 Å². The van der Waals surface area contributed by atoms with Crippen LogP contribution in [0.4, 0.5) is 0 Å². The maximum atomic E-state index is 9.38. The summed E-state index contributed by atoms with van der Waals surface area (Å²) >= 11 is 0. The maximum absolute atomic E-state index is 9.38. The van der Waals surface area contributed by atoms with E-state index in [4.69, 9.17) is 14.5 Å². The predicted molar refractivity (Wildman–Crippen MR) is 117 cm³/mol. The summed E-state index contributed by atoms with van der Waals surface area (Å²) in [5.74, 6) is 2.69. The monoisotopic (exact) mass is 483 g/mol. The summed E-state index contributed by atoms with van der Waals surface area (Å²) in [6.07, 6.45) is 0. The van der Waals surface area contributed by atoms with Crippen LogP contribution in [0.2, 0.25) is 0 Å². The molecule has 7 heteroatoms. The van der Waals surface area contributed by atoms with Crippen molar-refractivity contribution in [2.24, 2.45) is 4.99 Å². The molecule has 1 aliphatic rings. The number of hydrogen-bond donors (Lipinski definition) is 2. The van der Waals surface area contributed by atoms with Gasteiger partial charge in [0.1, 0.15) is 19.0 Å². The predicted octanol–water partition coefficient (Wildman–Crippen LogP) is 3.38. The third kappa shape index (κ3) is 5.92. The second-order valence-corrected chi connectivity index (χ2v) is 6.17. The third-order valence-corrected chi connectivity index (χ3v) is 4.07. The van der Waals surface area contributed by atoms with Crippen LogP contribution in [0.3, 0.4) is 0 Å². The number of benzene rings is 2. The molecule has 2 aromatic carbocycles. The molecular weight excluding hydrogens is 457 g/mol. The Bertz CT molecular complexity index is 766. The fourth-order valence-corrected chi connectivity index (χ4v) is 2.77. The number of aromatic hydroxyl groups is 1. The zero-order valence-corrected chi connectivity index (χ0v) is 18.0. The van der Waals surface area contributed by atoms with Crippen LogP contribution in [-0.2, 0) is 13.1 Å². The van der Waals surface area contributed by atoms with Crippen LogP contribution in [0, 0.1) is 0 Å². The molecule has 0 saturated carbocycles. The van der Waals surface area contributed by atoms with Crippen LogP contribution >= 0.6 is 24.0 Å². The molecule has 0 aliphatic carbocycles. The lowest BCUT2D eigenvalue weighted by Crippen LogP contribution is -2.38. The molecule has 0 spiro atoms. The second kappa shape index (κ2) is 10.2. The van der Waals surface area contributed by atoms with E-state index in [1.165, 1.54) is 0 Å². The first kappa shape index (κ1) is 21.1. The summed E-state index contributed by atoms with van der Waals surface area (Å²) < 4.78 is 11.2. The van der Waals surface area contributed by atoms with Gasteiger partial charge in [0.05, 0.1) is 6.54 Å². The molecule has 0 aromatic heterocycles. The highest BCUT2D eigenvalue weighted by molar-refractivity contribution is 14.0. The Morgan fingerprint density at radius 3 is 2.44 bits per heavy atom. The van der Waals surface area contributed by atoms with Crippen molar-refractivity contribution in [1.29, 1.82) is 0 Å². The van der Waals surface area contributed by atoms with Crippen molar-refractivity contribution in [2.75, 3.05) is 26.8 Å². The van der Waals surface area contributed by atoms with E-state index < -0.39 is 0 Å². The van der Waals surface area contributed by atoms with E-state index in [1.54, 1.807) is 12.1 Å². The van der Waals surface area contributed by atoms with Gasteiger partial charge in [-0.2, -0.15) is 0 Å². The van der Waals surface area contributed by atoms with Crippen molar-refractivity contribution in [3.63, 3.8) is 0 Å². The molecule has 0 saturated heterocycles. The molecule has 3 rings (SSSR count). The fourth-order valence-electron chi connectivity index (χ4n) is 2.77. The molecule has 0 bridgehead atoms. The van der Waals surface area contributed by atoms with Gasteiger partial charge in [0.15, 0.2) is 17.5 Å². The maximum Gasteiger partial charge on any atom is 0.194 e. The van der Waals surface area contributed by atoms with E-state index in [2.05, 4.69) is 10.2 Å². The largest absolute Gasteiger partial charge is 0.508 e. The number of nitrogens with zero attached hydrogens (tertiary/aromatic N) is 2. The highest BCUT2D eigenvalue weighted by atomic mass is 127. The molecule has 146 valence electrons. The Morgan fingerprint density at radius 1 is 1.07 bits per heavy atom. The van der Waals surface area contributed by atoms with Gasteiger partial charge in [0, 0.05) is 20.1 Å². The van der Waals surface area contributed by atoms with Gasteiger partial charge < -0.3 is 24.8 Å². The average molecular weight is 483 g/mol. The van der Waals surface area contributed by atoms with Gasteiger partial charge in [-0.15, -0.1) is 24.0 Å². The van der Waals surface area contributed by atoms with E-state index in [9.17, 15) is 5.11 Å². The minimum Gasteiger partial charge on any atom is -0.508 e. The molecule has 6 nitrogen and oxygen atoms in total. The molecule has 0 radical (unpaired) electrons. The molecule has 2 N–H and O–H groups in total. The Morgan fingerprint density at radius 2 is 1.74 bits per heavy atom. The molecular formula is C20H26IN3O3. The number of phenolic OH excluding ortho intramolecular Hbond substituents is 1. The number of halogens is 1. The van der Waals surface area contributed by atoms with E-state index in [1.807, 2.05) is 44.3 Å². The van der Waals surface area contributed by atoms with E-state index >= 15 is 0 Å². The van der Waals surface area contributed by atoms with Gasteiger partial charge in [-0.1, -0.05) is 18.2 Å². The summed E-state index contributed by atoms with van der Waals surface area (Å²) in [5.41, 5.74) is 2.18. The first-order chi connectivity index (χ1) is 12.7. The normalized spacial score (nSPS) is 12.9. The highest BCUT2D eigenvalue weighted by Gasteiger charge is 2.13. The van der Waals surface area contributed by atoms with Crippen molar-refractivity contribution in [3.05, 3.63) is 53.6 Å². The number of hydrogen-bond acceptors (Lipinski definition) is 4. The first-order valence-electron chi connectivity index (χ1n) is 8.81.